The Kier molecular flexibility index (Phi) is 4.59. The first-order valence-corrected chi connectivity index (χ1v) is 7.71. The van der Waals surface area contributed by atoms with Crippen LogP contribution in [0, 0.1) is 0 Å². The fraction of sp³-hybridized carbons (Fsp3) is 0.583. The van der Waals surface area contributed by atoms with E-state index in [9.17, 15) is 4.79 Å². The van der Waals surface area contributed by atoms with Gasteiger partial charge in [0.15, 0.2) is 0 Å². The van der Waals surface area contributed by atoms with Crippen LogP contribution in [0.3, 0.4) is 0 Å². The molecule has 1 aliphatic heterocycles. The standard InChI is InChI=1S/C12H16BrNO2S/c13-9-12(3-5-16-6-4-12)14-11(15)8-10-2-1-7-17-10/h1-2,7H,3-6,8-9H2,(H,14,15). The Hall–Kier alpha value is -0.390. The van der Waals surface area contributed by atoms with Crippen molar-refractivity contribution in [1.29, 1.82) is 0 Å². The van der Waals surface area contributed by atoms with E-state index in [1.807, 2.05) is 17.5 Å². The van der Waals surface area contributed by atoms with Gasteiger partial charge in [0.05, 0.1) is 12.0 Å². The van der Waals surface area contributed by atoms with Crippen molar-refractivity contribution in [3.8, 4) is 0 Å². The van der Waals surface area contributed by atoms with Crippen LogP contribution in [0.1, 0.15) is 17.7 Å². The zero-order chi connectivity index (χ0) is 12.1. The maximum Gasteiger partial charge on any atom is 0.225 e. The smallest absolute Gasteiger partial charge is 0.225 e. The number of rotatable bonds is 4. The van der Waals surface area contributed by atoms with Crippen molar-refractivity contribution in [2.45, 2.75) is 24.8 Å². The molecule has 1 aromatic heterocycles. The average Bonchev–Trinajstić information content (AvgIpc) is 2.83. The Morgan fingerprint density at radius 2 is 2.29 bits per heavy atom. The first-order valence-electron chi connectivity index (χ1n) is 5.71. The Morgan fingerprint density at radius 3 is 2.88 bits per heavy atom. The van der Waals surface area contributed by atoms with E-state index >= 15 is 0 Å². The number of alkyl halides is 1. The molecule has 3 nitrogen and oxygen atoms in total. The van der Waals surface area contributed by atoms with E-state index in [-0.39, 0.29) is 11.4 Å². The van der Waals surface area contributed by atoms with Gasteiger partial charge in [0.25, 0.3) is 0 Å². The highest BCUT2D eigenvalue weighted by Gasteiger charge is 2.32. The van der Waals surface area contributed by atoms with E-state index in [0.29, 0.717) is 6.42 Å². The third-order valence-corrected chi connectivity index (χ3v) is 4.97. The topological polar surface area (TPSA) is 38.3 Å². The summed E-state index contributed by atoms with van der Waals surface area (Å²) in [5.74, 6) is 0.105. The minimum atomic E-state index is -0.118. The first-order chi connectivity index (χ1) is 8.24. The summed E-state index contributed by atoms with van der Waals surface area (Å²) < 4.78 is 5.34. The molecule has 0 aromatic carbocycles. The van der Waals surface area contributed by atoms with Crippen LogP contribution in [-0.2, 0) is 16.0 Å². The molecule has 1 aliphatic rings. The fourth-order valence-electron chi connectivity index (χ4n) is 1.97. The molecule has 2 heterocycles. The fourth-order valence-corrected chi connectivity index (χ4v) is 3.37. The molecule has 1 saturated heterocycles. The quantitative estimate of drug-likeness (QED) is 0.866. The van der Waals surface area contributed by atoms with Crippen molar-refractivity contribution in [3.63, 3.8) is 0 Å². The number of hydrogen-bond donors (Lipinski definition) is 1. The number of hydrogen-bond acceptors (Lipinski definition) is 3. The highest BCUT2D eigenvalue weighted by atomic mass is 79.9. The lowest BCUT2D eigenvalue weighted by atomic mass is 9.92. The van der Waals surface area contributed by atoms with Crippen LogP contribution in [0.2, 0.25) is 0 Å². The zero-order valence-electron chi connectivity index (χ0n) is 9.58. The minimum absolute atomic E-state index is 0.105. The molecule has 1 aromatic rings. The van der Waals surface area contributed by atoms with E-state index in [1.165, 1.54) is 0 Å². The second kappa shape index (κ2) is 5.98. The molecule has 94 valence electrons. The molecule has 0 saturated carbocycles. The highest BCUT2D eigenvalue weighted by Crippen LogP contribution is 2.23. The van der Waals surface area contributed by atoms with Crippen LogP contribution < -0.4 is 5.32 Å². The van der Waals surface area contributed by atoms with Crippen molar-refractivity contribution < 1.29 is 9.53 Å². The number of ether oxygens (including phenoxy) is 1. The minimum Gasteiger partial charge on any atom is -0.381 e. The molecular weight excluding hydrogens is 302 g/mol. The number of carbonyl (C=O) groups is 1. The Morgan fingerprint density at radius 1 is 1.53 bits per heavy atom. The van der Waals surface area contributed by atoms with Gasteiger partial charge >= 0.3 is 0 Å². The SMILES string of the molecule is O=C(Cc1cccs1)NC1(CBr)CCOCC1. The van der Waals surface area contributed by atoms with Gasteiger partial charge in [-0.3, -0.25) is 4.79 Å². The molecule has 1 fully saturated rings. The number of thiophene rings is 1. The van der Waals surface area contributed by atoms with E-state index < -0.39 is 0 Å². The Labute approximate surface area is 114 Å². The molecule has 0 aliphatic carbocycles. The van der Waals surface area contributed by atoms with Gasteiger partial charge in [0.1, 0.15) is 0 Å². The van der Waals surface area contributed by atoms with E-state index in [0.717, 1.165) is 36.3 Å². The summed E-state index contributed by atoms with van der Waals surface area (Å²) in [6.07, 6.45) is 2.25. The molecule has 0 radical (unpaired) electrons. The molecule has 0 spiro atoms. The van der Waals surface area contributed by atoms with Gasteiger partial charge in [0.2, 0.25) is 5.91 Å². The number of nitrogens with one attached hydrogen (secondary N) is 1. The second-order valence-electron chi connectivity index (χ2n) is 4.33. The summed E-state index contributed by atoms with van der Waals surface area (Å²) in [5.41, 5.74) is -0.118. The lowest BCUT2D eigenvalue weighted by Gasteiger charge is -2.36. The molecule has 0 bridgehead atoms. The van der Waals surface area contributed by atoms with Crippen molar-refractivity contribution in [1.82, 2.24) is 5.32 Å². The normalized spacial score (nSPS) is 18.9. The van der Waals surface area contributed by atoms with Crippen LogP contribution in [0.15, 0.2) is 17.5 Å². The molecule has 1 amide bonds. The van der Waals surface area contributed by atoms with E-state index in [4.69, 9.17) is 4.74 Å². The van der Waals surface area contributed by atoms with E-state index in [1.54, 1.807) is 11.3 Å². The summed E-state index contributed by atoms with van der Waals surface area (Å²) in [6.45, 7) is 1.45. The van der Waals surface area contributed by atoms with Gasteiger partial charge in [-0.15, -0.1) is 11.3 Å². The molecule has 2 rings (SSSR count). The van der Waals surface area contributed by atoms with Crippen LogP contribution in [0.5, 0.6) is 0 Å². The van der Waals surface area contributed by atoms with Crippen LogP contribution in [0.25, 0.3) is 0 Å². The highest BCUT2D eigenvalue weighted by molar-refractivity contribution is 9.09. The first kappa shape index (κ1) is 13.1. The molecule has 17 heavy (non-hydrogen) atoms. The van der Waals surface area contributed by atoms with E-state index in [2.05, 4.69) is 21.2 Å². The maximum absolute atomic E-state index is 12.0. The second-order valence-corrected chi connectivity index (χ2v) is 5.92. The van der Waals surface area contributed by atoms with Gasteiger partial charge in [-0.2, -0.15) is 0 Å². The Bertz CT molecular complexity index is 361. The summed E-state index contributed by atoms with van der Waals surface area (Å²) in [5, 5.41) is 5.95. The third kappa shape index (κ3) is 3.53. The summed E-state index contributed by atoms with van der Waals surface area (Å²) in [6, 6.07) is 3.97. The molecule has 5 heteroatoms. The zero-order valence-corrected chi connectivity index (χ0v) is 12.0. The largest absolute Gasteiger partial charge is 0.381 e. The van der Waals surface area contributed by atoms with Gasteiger partial charge in [-0.25, -0.2) is 0 Å². The number of carbonyl (C=O) groups excluding carboxylic acids is 1. The van der Waals surface area contributed by atoms with Gasteiger partial charge in [-0.05, 0) is 24.3 Å². The molecular formula is C12H16BrNO2S. The lowest BCUT2D eigenvalue weighted by molar-refractivity contribution is -0.123. The van der Waals surface area contributed by atoms with Crippen molar-refractivity contribution >= 4 is 33.2 Å². The number of halogens is 1. The average molecular weight is 318 g/mol. The predicted molar refractivity (Wildman–Crippen MR) is 72.7 cm³/mol. The number of amides is 1. The monoisotopic (exact) mass is 317 g/mol. The third-order valence-electron chi connectivity index (χ3n) is 3.03. The van der Waals surface area contributed by atoms with Gasteiger partial charge in [0, 0.05) is 23.4 Å². The molecule has 1 N–H and O–H groups in total. The predicted octanol–water partition coefficient (Wildman–Crippen LogP) is 2.35. The van der Waals surface area contributed by atoms with Crippen LogP contribution in [0.4, 0.5) is 0 Å². The van der Waals surface area contributed by atoms with Crippen molar-refractivity contribution in [3.05, 3.63) is 22.4 Å². The van der Waals surface area contributed by atoms with Gasteiger partial charge in [-0.1, -0.05) is 22.0 Å². The maximum atomic E-state index is 12.0. The molecule has 0 atom stereocenters. The van der Waals surface area contributed by atoms with Crippen LogP contribution in [-0.4, -0.2) is 30.0 Å². The lowest BCUT2D eigenvalue weighted by Crippen LogP contribution is -2.53. The summed E-state index contributed by atoms with van der Waals surface area (Å²) in [4.78, 5) is 13.1. The molecule has 0 unspecified atom stereocenters. The van der Waals surface area contributed by atoms with Crippen LogP contribution >= 0.6 is 27.3 Å². The Balaban J connectivity index is 1.91. The van der Waals surface area contributed by atoms with Crippen molar-refractivity contribution in [2.24, 2.45) is 0 Å². The van der Waals surface area contributed by atoms with Crippen molar-refractivity contribution in [2.75, 3.05) is 18.5 Å². The summed E-state index contributed by atoms with van der Waals surface area (Å²) in [7, 11) is 0. The van der Waals surface area contributed by atoms with Gasteiger partial charge < -0.3 is 10.1 Å². The summed E-state index contributed by atoms with van der Waals surface area (Å²) >= 11 is 5.13.